The second-order valence-electron chi connectivity index (χ2n) is 6.62. The predicted molar refractivity (Wildman–Crippen MR) is 69.5 cm³/mol. The number of aliphatic hydroxyl groups excluding tert-OH is 1. The smallest absolute Gasteiger partial charge is 0.0654 e. The van der Waals surface area contributed by atoms with E-state index in [0.717, 1.165) is 31.3 Å². The van der Waals surface area contributed by atoms with E-state index in [1.54, 1.807) is 0 Å². The Kier molecular flexibility index (Phi) is 3.39. The van der Waals surface area contributed by atoms with Crippen LogP contribution in [0.25, 0.3) is 0 Å². The number of aliphatic hydroxyl groups is 2. The Bertz CT molecular complexity index is 306. The second kappa shape index (κ2) is 4.40. The zero-order valence-electron chi connectivity index (χ0n) is 11.3. The van der Waals surface area contributed by atoms with Gasteiger partial charge in [0.25, 0.3) is 0 Å². The first-order valence-electron chi connectivity index (χ1n) is 6.92. The lowest BCUT2D eigenvalue weighted by Crippen LogP contribution is -2.39. The average molecular weight is 238 g/mol. The normalized spacial score (nSPS) is 47.1. The van der Waals surface area contributed by atoms with E-state index >= 15 is 0 Å². The molecule has 0 aromatic heterocycles. The number of rotatable bonds is 1. The lowest BCUT2D eigenvalue weighted by atomic mass is 9.77. The maximum Gasteiger partial charge on any atom is 0.0654 e. The van der Waals surface area contributed by atoms with Crippen LogP contribution in [0.4, 0.5) is 0 Å². The molecule has 5 atom stereocenters. The molecule has 0 heterocycles. The molecule has 2 fully saturated rings. The predicted octanol–water partition coefficient (Wildman–Crippen LogP) is 2.75. The van der Waals surface area contributed by atoms with E-state index in [9.17, 15) is 10.2 Å². The molecule has 0 aliphatic heterocycles. The van der Waals surface area contributed by atoms with Crippen LogP contribution in [-0.2, 0) is 0 Å². The molecular formula is C15H26O2. The molecule has 2 saturated carbocycles. The molecule has 0 spiro atoms. The van der Waals surface area contributed by atoms with Crippen LogP contribution in [-0.4, -0.2) is 21.9 Å². The molecular weight excluding hydrogens is 212 g/mol. The van der Waals surface area contributed by atoms with Gasteiger partial charge < -0.3 is 10.2 Å². The van der Waals surface area contributed by atoms with E-state index in [1.807, 2.05) is 6.92 Å². The zero-order chi connectivity index (χ0) is 12.8. The van der Waals surface area contributed by atoms with Crippen molar-refractivity contribution in [2.75, 3.05) is 0 Å². The Labute approximate surface area is 105 Å². The summed E-state index contributed by atoms with van der Waals surface area (Å²) >= 11 is 0. The molecule has 0 amide bonds. The van der Waals surface area contributed by atoms with Gasteiger partial charge in [-0.15, -0.1) is 0 Å². The molecule has 0 aromatic carbocycles. The monoisotopic (exact) mass is 238 g/mol. The van der Waals surface area contributed by atoms with Gasteiger partial charge in [-0.25, -0.2) is 0 Å². The quantitative estimate of drug-likeness (QED) is 0.690. The highest BCUT2D eigenvalue weighted by Gasteiger charge is 2.49. The van der Waals surface area contributed by atoms with Gasteiger partial charge in [0.15, 0.2) is 0 Å². The van der Waals surface area contributed by atoms with E-state index in [-0.39, 0.29) is 17.9 Å². The minimum atomic E-state index is -0.630. The molecule has 0 aromatic rings. The summed E-state index contributed by atoms with van der Waals surface area (Å²) in [7, 11) is 0. The first-order valence-corrected chi connectivity index (χ1v) is 6.92. The van der Waals surface area contributed by atoms with Gasteiger partial charge in [-0.3, -0.25) is 0 Å². The first-order chi connectivity index (χ1) is 7.84. The van der Waals surface area contributed by atoms with Gasteiger partial charge in [-0.2, -0.15) is 0 Å². The Morgan fingerprint density at radius 1 is 1.35 bits per heavy atom. The molecule has 98 valence electrons. The van der Waals surface area contributed by atoms with Gasteiger partial charge in [0.2, 0.25) is 0 Å². The van der Waals surface area contributed by atoms with Crippen LogP contribution in [0.1, 0.15) is 46.5 Å². The van der Waals surface area contributed by atoms with Crippen LogP contribution in [0.3, 0.4) is 0 Å². The van der Waals surface area contributed by atoms with E-state index in [1.165, 1.54) is 0 Å². The minimum absolute atomic E-state index is 0.111. The van der Waals surface area contributed by atoms with Crippen LogP contribution < -0.4 is 0 Å². The number of hydrogen-bond acceptors (Lipinski definition) is 2. The van der Waals surface area contributed by atoms with Gasteiger partial charge in [0.1, 0.15) is 0 Å². The highest BCUT2D eigenvalue weighted by Crippen LogP contribution is 2.50. The molecule has 17 heavy (non-hydrogen) atoms. The molecule has 2 nitrogen and oxygen atoms in total. The van der Waals surface area contributed by atoms with Crippen LogP contribution in [0.5, 0.6) is 0 Å². The molecule has 0 radical (unpaired) electrons. The van der Waals surface area contributed by atoms with Crippen molar-refractivity contribution in [1.29, 1.82) is 0 Å². The van der Waals surface area contributed by atoms with Crippen LogP contribution in [0, 0.1) is 23.7 Å². The van der Waals surface area contributed by atoms with Crippen molar-refractivity contribution >= 4 is 0 Å². The lowest BCUT2D eigenvalue weighted by molar-refractivity contribution is -0.0320. The average Bonchev–Trinajstić information content (AvgIpc) is 2.55. The third-order valence-electron chi connectivity index (χ3n) is 5.13. The summed E-state index contributed by atoms with van der Waals surface area (Å²) in [6.07, 6.45) is 3.36. The van der Waals surface area contributed by atoms with E-state index < -0.39 is 5.60 Å². The Morgan fingerprint density at radius 3 is 2.59 bits per heavy atom. The van der Waals surface area contributed by atoms with Crippen molar-refractivity contribution in [3.8, 4) is 0 Å². The highest BCUT2D eigenvalue weighted by molar-refractivity contribution is 5.16. The number of hydrogen-bond donors (Lipinski definition) is 2. The lowest BCUT2D eigenvalue weighted by Gasteiger charge is -2.34. The van der Waals surface area contributed by atoms with Crippen molar-refractivity contribution in [2.45, 2.75) is 58.2 Å². The van der Waals surface area contributed by atoms with E-state index in [4.69, 9.17) is 0 Å². The maximum absolute atomic E-state index is 10.6. The van der Waals surface area contributed by atoms with Crippen molar-refractivity contribution in [3.63, 3.8) is 0 Å². The number of fused-ring (bicyclic) bond motifs is 1. The van der Waals surface area contributed by atoms with E-state index in [0.29, 0.717) is 11.8 Å². The first kappa shape index (κ1) is 13.1. The van der Waals surface area contributed by atoms with Gasteiger partial charge in [0, 0.05) is 5.92 Å². The molecule has 2 aliphatic rings. The topological polar surface area (TPSA) is 40.5 Å². The van der Waals surface area contributed by atoms with Gasteiger partial charge in [-0.1, -0.05) is 26.0 Å². The summed E-state index contributed by atoms with van der Waals surface area (Å²) in [5.74, 6) is 1.08. The van der Waals surface area contributed by atoms with Crippen molar-refractivity contribution in [3.05, 3.63) is 12.2 Å². The SMILES string of the molecule is C=C1CC[C@H]2[C@@H]1[C@H](O)[C@@H](C(C)C)CC[C@]2(C)O. The fourth-order valence-electron chi connectivity index (χ4n) is 3.96. The molecule has 2 N–H and O–H groups in total. The Hall–Kier alpha value is -0.340. The summed E-state index contributed by atoms with van der Waals surface area (Å²) in [5.41, 5.74) is 0.518. The fourth-order valence-corrected chi connectivity index (χ4v) is 3.96. The van der Waals surface area contributed by atoms with Gasteiger partial charge in [-0.05, 0) is 50.4 Å². The molecule has 0 saturated heterocycles. The van der Waals surface area contributed by atoms with E-state index in [2.05, 4.69) is 20.4 Å². The summed E-state index contributed by atoms with van der Waals surface area (Å²) < 4.78 is 0. The maximum atomic E-state index is 10.6. The largest absolute Gasteiger partial charge is 0.392 e. The summed E-state index contributed by atoms with van der Waals surface area (Å²) in [6.45, 7) is 10.4. The molecule has 0 unspecified atom stereocenters. The molecule has 2 heteroatoms. The van der Waals surface area contributed by atoms with Crippen molar-refractivity contribution in [2.24, 2.45) is 23.7 Å². The third-order valence-corrected chi connectivity index (χ3v) is 5.13. The highest BCUT2D eigenvalue weighted by atomic mass is 16.3. The van der Waals surface area contributed by atoms with Crippen LogP contribution in [0.15, 0.2) is 12.2 Å². The van der Waals surface area contributed by atoms with Gasteiger partial charge in [0.05, 0.1) is 11.7 Å². The standard InChI is InChI=1S/C15H26O2/c1-9(2)11-7-8-15(4,17)12-6-5-10(3)13(12)14(11)16/h9,11-14,16-17H,3,5-8H2,1-2,4H3/t11-,12+,13-,14-,15+/m1/s1. The Morgan fingerprint density at radius 2 is 2.00 bits per heavy atom. The van der Waals surface area contributed by atoms with Gasteiger partial charge >= 0.3 is 0 Å². The molecule has 0 bridgehead atoms. The Balaban J connectivity index is 2.32. The fraction of sp³-hybridized carbons (Fsp3) is 0.867. The summed E-state index contributed by atoms with van der Waals surface area (Å²) in [6, 6.07) is 0. The van der Waals surface area contributed by atoms with Crippen LogP contribution in [0.2, 0.25) is 0 Å². The molecule has 2 aliphatic carbocycles. The summed E-state index contributed by atoms with van der Waals surface area (Å²) in [4.78, 5) is 0. The van der Waals surface area contributed by atoms with Crippen molar-refractivity contribution in [1.82, 2.24) is 0 Å². The van der Waals surface area contributed by atoms with Crippen LogP contribution >= 0.6 is 0 Å². The van der Waals surface area contributed by atoms with Crippen molar-refractivity contribution < 1.29 is 10.2 Å². The zero-order valence-corrected chi connectivity index (χ0v) is 11.3. The third kappa shape index (κ3) is 2.17. The summed E-state index contributed by atoms with van der Waals surface area (Å²) in [5, 5.41) is 21.2. The molecule has 2 rings (SSSR count). The minimum Gasteiger partial charge on any atom is -0.392 e. The second-order valence-corrected chi connectivity index (χ2v) is 6.62.